The third-order valence-electron chi connectivity index (χ3n) is 3.27. The fourth-order valence-electron chi connectivity index (χ4n) is 2.02. The van der Waals surface area contributed by atoms with E-state index in [1.807, 2.05) is 0 Å². The van der Waals surface area contributed by atoms with Gasteiger partial charge in [-0.25, -0.2) is 4.39 Å². The van der Waals surface area contributed by atoms with Crippen molar-refractivity contribution in [3.8, 4) is 5.75 Å². The summed E-state index contributed by atoms with van der Waals surface area (Å²) < 4.78 is 23.7. The molecule has 1 heterocycles. The second-order valence-electron chi connectivity index (χ2n) is 5.21. The van der Waals surface area contributed by atoms with E-state index < -0.39 is 17.3 Å². The summed E-state index contributed by atoms with van der Waals surface area (Å²) in [6, 6.07) is 7.03. The molecule has 0 spiro atoms. The van der Waals surface area contributed by atoms with E-state index >= 15 is 0 Å². The van der Waals surface area contributed by atoms with Gasteiger partial charge in [0, 0.05) is 0 Å². The number of rotatable bonds is 5. The van der Waals surface area contributed by atoms with E-state index in [-0.39, 0.29) is 17.9 Å². The SMILES string of the molecule is COc1ccc(F)cc1C(=O)NCC(C)(O)c1ccc(C)o1. The zero-order chi connectivity index (χ0) is 16.3. The summed E-state index contributed by atoms with van der Waals surface area (Å²) in [7, 11) is 1.39. The zero-order valence-corrected chi connectivity index (χ0v) is 12.6. The molecular weight excluding hydrogens is 289 g/mol. The van der Waals surface area contributed by atoms with Crippen LogP contribution in [-0.4, -0.2) is 24.7 Å². The first-order valence-electron chi connectivity index (χ1n) is 6.74. The third-order valence-corrected chi connectivity index (χ3v) is 3.27. The summed E-state index contributed by atoms with van der Waals surface area (Å²) in [6.07, 6.45) is 0. The van der Waals surface area contributed by atoms with Gasteiger partial charge in [-0.05, 0) is 44.2 Å². The van der Waals surface area contributed by atoms with Crippen LogP contribution in [0.1, 0.15) is 28.8 Å². The molecule has 0 saturated carbocycles. The number of halogens is 1. The number of methoxy groups -OCH3 is 1. The number of hydrogen-bond donors (Lipinski definition) is 2. The lowest BCUT2D eigenvalue weighted by Crippen LogP contribution is -2.38. The maximum atomic E-state index is 13.3. The van der Waals surface area contributed by atoms with Crippen molar-refractivity contribution in [2.75, 3.05) is 13.7 Å². The molecule has 0 saturated heterocycles. The molecule has 118 valence electrons. The molecule has 0 aliphatic heterocycles. The van der Waals surface area contributed by atoms with Gasteiger partial charge in [0.15, 0.2) is 0 Å². The lowest BCUT2D eigenvalue weighted by atomic mass is 10.0. The number of carbonyl (C=O) groups excluding carboxylic acids is 1. The summed E-state index contributed by atoms with van der Waals surface area (Å²) in [5, 5.41) is 12.9. The van der Waals surface area contributed by atoms with Crippen LogP contribution in [0.15, 0.2) is 34.7 Å². The van der Waals surface area contributed by atoms with E-state index in [1.165, 1.54) is 26.2 Å². The highest BCUT2D eigenvalue weighted by atomic mass is 19.1. The first kappa shape index (κ1) is 16.0. The lowest BCUT2D eigenvalue weighted by molar-refractivity contribution is 0.0323. The first-order chi connectivity index (χ1) is 10.3. The Bertz CT molecular complexity index is 679. The van der Waals surface area contributed by atoms with Crippen LogP contribution in [0.25, 0.3) is 0 Å². The van der Waals surface area contributed by atoms with Crippen LogP contribution in [0, 0.1) is 12.7 Å². The van der Waals surface area contributed by atoms with E-state index in [1.54, 1.807) is 19.1 Å². The van der Waals surface area contributed by atoms with Gasteiger partial charge in [0.25, 0.3) is 5.91 Å². The van der Waals surface area contributed by atoms with E-state index in [0.29, 0.717) is 11.5 Å². The van der Waals surface area contributed by atoms with Crippen molar-refractivity contribution in [1.29, 1.82) is 0 Å². The van der Waals surface area contributed by atoms with Crippen LogP contribution < -0.4 is 10.1 Å². The topological polar surface area (TPSA) is 71.7 Å². The van der Waals surface area contributed by atoms with E-state index in [9.17, 15) is 14.3 Å². The number of nitrogens with one attached hydrogen (secondary N) is 1. The number of benzene rings is 1. The van der Waals surface area contributed by atoms with E-state index in [2.05, 4.69) is 5.32 Å². The van der Waals surface area contributed by atoms with Gasteiger partial charge in [-0.3, -0.25) is 4.79 Å². The van der Waals surface area contributed by atoms with Crippen molar-refractivity contribution < 1.29 is 23.4 Å². The highest BCUT2D eigenvalue weighted by molar-refractivity contribution is 5.97. The number of furan rings is 1. The third kappa shape index (κ3) is 3.46. The monoisotopic (exact) mass is 307 g/mol. The highest BCUT2D eigenvalue weighted by Gasteiger charge is 2.28. The number of aryl methyl sites for hydroxylation is 1. The second kappa shape index (κ2) is 6.19. The van der Waals surface area contributed by atoms with E-state index in [0.717, 1.165) is 6.07 Å². The molecule has 2 N–H and O–H groups in total. The highest BCUT2D eigenvalue weighted by Crippen LogP contribution is 2.23. The molecule has 0 aliphatic rings. The normalized spacial score (nSPS) is 13.5. The van der Waals surface area contributed by atoms with Crippen molar-refractivity contribution in [2.45, 2.75) is 19.4 Å². The fraction of sp³-hybridized carbons (Fsp3) is 0.312. The summed E-state index contributed by atoms with van der Waals surface area (Å²) in [6.45, 7) is 3.20. The van der Waals surface area contributed by atoms with Crippen molar-refractivity contribution in [3.05, 3.63) is 53.2 Å². The molecule has 1 amide bonds. The van der Waals surface area contributed by atoms with Crippen LogP contribution in [0.5, 0.6) is 5.75 Å². The number of aliphatic hydroxyl groups is 1. The number of ether oxygens (including phenoxy) is 1. The second-order valence-corrected chi connectivity index (χ2v) is 5.21. The molecule has 1 aromatic heterocycles. The Morgan fingerprint density at radius 1 is 1.41 bits per heavy atom. The fourth-order valence-corrected chi connectivity index (χ4v) is 2.02. The largest absolute Gasteiger partial charge is 0.496 e. The summed E-state index contributed by atoms with van der Waals surface area (Å²) in [5.74, 6) is 0.177. The van der Waals surface area contributed by atoms with Crippen LogP contribution in [-0.2, 0) is 5.60 Å². The molecule has 22 heavy (non-hydrogen) atoms. The van der Waals surface area contributed by atoms with Gasteiger partial charge in [0.1, 0.15) is 28.7 Å². The smallest absolute Gasteiger partial charge is 0.255 e. The molecule has 6 heteroatoms. The molecule has 2 rings (SSSR count). The standard InChI is InChI=1S/C16H18FNO4/c1-10-4-7-14(22-10)16(2,20)9-18-15(19)12-8-11(17)5-6-13(12)21-3/h4-8,20H,9H2,1-3H3,(H,18,19). The molecule has 5 nitrogen and oxygen atoms in total. The van der Waals surface area contributed by atoms with Crippen molar-refractivity contribution >= 4 is 5.91 Å². The van der Waals surface area contributed by atoms with Crippen LogP contribution in [0.4, 0.5) is 4.39 Å². The Balaban J connectivity index is 2.11. The Labute approximate surface area is 127 Å². The van der Waals surface area contributed by atoms with Gasteiger partial charge in [-0.1, -0.05) is 0 Å². The van der Waals surface area contributed by atoms with Crippen LogP contribution >= 0.6 is 0 Å². The average molecular weight is 307 g/mol. The van der Waals surface area contributed by atoms with Gasteiger partial charge < -0.3 is 19.6 Å². The molecule has 2 aromatic rings. The molecule has 1 unspecified atom stereocenters. The molecule has 0 fully saturated rings. The Morgan fingerprint density at radius 2 is 2.14 bits per heavy atom. The quantitative estimate of drug-likeness (QED) is 0.889. The minimum Gasteiger partial charge on any atom is -0.496 e. The zero-order valence-electron chi connectivity index (χ0n) is 12.6. The molecular formula is C16H18FNO4. The van der Waals surface area contributed by atoms with Crippen molar-refractivity contribution in [3.63, 3.8) is 0 Å². The lowest BCUT2D eigenvalue weighted by Gasteiger charge is -2.21. The molecule has 1 atom stereocenters. The van der Waals surface area contributed by atoms with Gasteiger partial charge in [-0.15, -0.1) is 0 Å². The van der Waals surface area contributed by atoms with Gasteiger partial charge in [-0.2, -0.15) is 0 Å². The van der Waals surface area contributed by atoms with Gasteiger partial charge >= 0.3 is 0 Å². The molecule has 1 aromatic carbocycles. The molecule has 0 radical (unpaired) electrons. The summed E-state index contributed by atoms with van der Waals surface area (Å²) in [4.78, 5) is 12.2. The first-order valence-corrected chi connectivity index (χ1v) is 6.74. The minimum absolute atomic E-state index is 0.0638. The number of carbonyl (C=O) groups is 1. The summed E-state index contributed by atoms with van der Waals surface area (Å²) >= 11 is 0. The number of hydrogen-bond acceptors (Lipinski definition) is 4. The van der Waals surface area contributed by atoms with Gasteiger partial charge in [0.2, 0.25) is 0 Å². The Hall–Kier alpha value is -2.34. The van der Waals surface area contributed by atoms with Crippen molar-refractivity contribution in [1.82, 2.24) is 5.32 Å². The van der Waals surface area contributed by atoms with E-state index in [4.69, 9.17) is 9.15 Å². The predicted octanol–water partition coefficient (Wildman–Crippen LogP) is 2.37. The maximum absolute atomic E-state index is 13.3. The summed E-state index contributed by atoms with van der Waals surface area (Å²) in [5.41, 5.74) is -1.31. The predicted molar refractivity (Wildman–Crippen MR) is 78.3 cm³/mol. The molecule has 0 bridgehead atoms. The number of amides is 1. The minimum atomic E-state index is -1.37. The van der Waals surface area contributed by atoms with Crippen molar-refractivity contribution in [2.24, 2.45) is 0 Å². The maximum Gasteiger partial charge on any atom is 0.255 e. The van der Waals surface area contributed by atoms with Crippen LogP contribution in [0.2, 0.25) is 0 Å². The Morgan fingerprint density at radius 3 is 2.73 bits per heavy atom. The van der Waals surface area contributed by atoms with Crippen LogP contribution in [0.3, 0.4) is 0 Å². The molecule has 0 aliphatic carbocycles. The van der Waals surface area contributed by atoms with Gasteiger partial charge in [0.05, 0.1) is 19.2 Å². The average Bonchev–Trinajstić information content (AvgIpc) is 2.92. The Kier molecular flexibility index (Phi) is 4.51.